The third-order valence-electron chi connectivity index (χ3n) is 2.98. The maximum Gasteiger partial charge on any atom is 0.324 e. The average Bonchev–Trinajstić information content (AvgIpc) is 2.42. The molecule has 1 N–H and O–H groups in total. The molecule has 0 saturated carbocycles. The van der Waals surface area contributed by atoms with Crippen LogP contribution < -0.4 is 0 Å². The van der Waals surface area contributed by atoms with Crippen molar-refractivity contribution in [3.8, 4) is 0 Å². The molecule has 0 radical (unpaired) electrons. The van der Waals surface area contributed by atoms with Crippen LogP contribution in [0.1, 0.15) is 19.3 Å². The Hall–Kier alpha value is -0.830. The van der Waals surface area contributed by atoms with Gasteiger partial charge in [0.2, 0.25) is 0 Å². The van der Waals surface area contributed by atoms with Crippen molar-refractivity contribution >= 4 is 5.97 Å². The molecule has 1 atom stereocenters. The van der Waals surface area contributed by atoms with E-state index in [0.29, 0.717) is 6.42 Å². The zero-order valence-electron chi connectivity index (χ0n) is 7.05. The summed E-state index contributed by atoms with van der Waals surface area (Å²) in [6.45, 7) is 5.57. The molecular formula is C9H13NO2. The largest absolute Gasteiger partial charge is 0.480 e. The van der Waals surface area contributed by atoms with Crippen LogP contribution in [0.15, 0.2) is 12.2 Å². The minimum atomic E-state index is -0.668. The summed E-state index contributed by atoms with van der Waals surface area (Å²) in [6.07, 6.45) is 2.46. The molecule has 66 valence electrons. The molecule has 12 heavy (non-hydrogen) atoms. The minimum Gasteiger partial charge on any atom is -0.480 e. The van der Waals surface area contributed by atoms with Crippen molar-refractivity contribution in [3.05, 3.63) is 12.2 Å². The van der Waals surface area contributed by atoms with E-state index in [2.05, 4.69) is 11.5 Å². The van der Waals surface area contributed by atoms with Crippen LogP contribution in [-0.2, 0) is 4.79 Å². The van der Waals surface area contributed by atoms with Crippen molar-refractivity contribution in [1.82, 2.24) is 4.90 Å². The van der Waals surface area contributed by atoms with Crippen molar-refractivity contribution in [1.29, 1.82) is 0 Å². The lowest BCUT2D eigenvalue weighted by Gasteiger charge is -2.25. The van der Waals surface area contributed by atoms with Gasteiger partial charge in [-0.05, 0) is 25.8 Å². The SMILES string of the molecule is C=C1CN2CCC[C@@]2(C(=O)O)C1. The highest BCUT2D eigenvalue weighted by atomic mass is 16.4. The summed E-state index contributed by atoms with van der Waals surface area (Å²) in [5.74, 6) is -0.668. The van der Waals surface area contributed by atoms with Crippen LogP contribution in [0.5, 0.6) is 0 Å². The van der Waals surface area contributed by atoms with E-state index in [-0.39, 0.29) is 0 Å². The van der Waals surface area contributed by atoms with Gasteiger partial charge in [-0.15, -0.1) is 0 Å². The molecule has 2 aliphatic rings. The number of carboxylic acids is 1. The summed E-state index contributed by atoms with van der Waals surface area (Å²) in [4.78, 5) is 13.1. The van der Waals surface area contributed by atoms with E-state index in [1.54, 1.807) is 0 Å². The van der Waals surface area contributed by atoms with E-state index in [0.717, 1.165) is 31.5 Å². The fourth-order valence-electron chi connectivity index (χ4n) is 2.42. The molecule has 0 unspecified atom stereocenters. The summed E-state index contributed by atoms with van der Waals surface area (Å²) in [5, 5.41) is 9.11. The molecule has 0 aromatic heterocycles. The molecule has 0 amide bonds. The Bertz CT molecular complexity index is 249. The lowest BCUT2D eigenvalue weighted by Crippen LogP contribution is -2.45. The van der Waals surface area contributed by atoms with Gasteiger partial charge in [-0.1, -0.05) is 12.2 Å². The highest BCUT2D eigenvalue weighted by Gasteiger charge is 2.51. The molecule has 0 bridgehead atoms. The van der Waals surface area contributed by atoms with Crippen LogP contribution in [0.25, 0.3) is 0 Å². The van der Waals surface area contributed by atoms with Crippen molar-refractivity contribution in [2.24, 2.45) is 0 Å². The van der Waals surface area contributed by atoms with Gasteiger partial charge in [0.25, 0.3) is 0 Å². The third-order valence-corrected chi connectivity index (χ3v) is 2.98. The van der Waals surface area contributed by atoms with E-state index in [1.165, 1.54) is 0 Å². The minimum absolute atomic E-state index is 0.572. The summed E-state index contributed by atoms with van der Waals surface area (Å²) in [7, 11) is 0. The molecule has 3 nitrogen and oxygen atoms in total. The standard InChI is InChI=1S/C9H13NO2/c1-7-5-9(8(11)12)3-2-4-10(9)6-7/h1-6H2,(H,11,12)/t9-/m0/s1. The Morgan fingerprint density at radius 3 is 3.00 bits per heavy atom. The van der Waals surface area contributed by atoms with E-state index in [4.69, 9.17) is 5.11 Å². The van der Waals surface area contributed by atoms with Gasteiger partial charge in [-0.2, -0.15) is 0 Å². The Balaban J connectivity index is 2.32. The van der Waals surface area contributed by atoms with Gasteiger partial charge in [0.1, 0.15) is 5.54 Å². The molecule has 2 heterocycles. The Labute approximate surface area is 71.7 Å². The first-order valence-electron chi connectivity index (χ1n) is 4.30. The Morgan fingerprint density at radius 2 is 2.42 bits per heavy atom. The average molecular weight is 167 g/mol. The number of rotatable bonds is 1. The van der Waals surface area contributed by atoms with Crippen LogP contribution in [0.4, 0.5) is 0 Å². The summed E-state index contributed by atoms with van der Waals surface area (Å²) < 4.78 is 0. The summed E-state index contributed by atoms with van der Waals surface area (Å²) in [6, 6.07) is 0. The molecule has 2 saturated heterocycles. The Kier molecular flexibility index (Phi) is 1.51. The fourth-order valence-corrected chi connectivity index (χ4v) is 2.42. The van der Waals surface area contributed by atoms with Gasteiger partial charge in [0, 0.05) is 6.54 Å². The highest BCUT2D eigenvalue weighted by molar-refractivity contribution is 5.80. The second-order valence-electron chi connectivity index (χ2n) is 3.79. The van der Waals surface area contributed by atoms with Crippen molar-refractivity contribution in [3.63, 3.8) is 0 Å². The van der Waals surface area contributed by atoms with E-state index in [1.807, 2.05) is 0 Å². The van der Waals surface area contributed by atoms with Gasteiger partial charge in [-0.3, -0.25) is 9.69 Å². The van der Waals surface area contributed by atoms with E-state index < -0.39 is 11.5 Å². The number of nitrogens with zero attached hydrogens (tertiary/aromatic N) is 1. The Morgan fingerprint density at radius 1 is 1.67 bits per heavy atom. The topological polar surface area (TPSA) is 40.5 Å². The van der Waals surface area contributed by atoms with Crippen LogP contribution in [0.3, 0.4) is 0 Å². The molecule has 0 aromatic rings. The molecule has 2 rings (SSSR count). The van der Waals surface area contributed by atoms with Gasteiger partial charge in [0.15, 0.2) is 0 Å². The zero-order chi connectivity index (χ0) is 8.77. The maximum atomic E-state index is 11.1. The normalized spacial score (nSPS) is 35.5. The number of hydrogen-bond acceptors (Lipinski definition) is 2. The molecular weight excluding hydrogens is 154 g/mol. The van der Waals surface area contributed by atoms with E-state index in [9.17, 15) is 4.79 Å². The monoisotopic (exact) mass is 167 g/mol. The molecule has 3 heteroatoms. The van der Waals surface area contributed by atoms with Crippen LogP contribution in [-0.4, -0.2) is 34.6 Å². The van der Waals surface area contributed by atoms with Gasteiger partial charge >= 0.3 is 5.97 Å². The second-order valence-corrected chi connectivity index (χ2v) is 3.79. The number of aliphatic carboxylic acids is 1. The fraction of sp³-hybridized carbons (Fsp3) is 0.667. The van der Waals surface area contributed by atoms with Crippen LogP contribution in [0.2, 0.25) is 0 Å². The van der Waals surface area contributed by atoms with Gasteiger partial charge in [0.05, 0.1) is 0 Å². The molecule has 0 aromatic carbocycles. The van der Waals surface area contributed by atoms with Crippen molar-refractivity contribution in [2.45, 2.75) is 24.8 Å². The van der Waals surface area contributed by atoms with Crippen molar-refractivity contribution < 1.29 is 9.90 Å². The van der Waals surface area contributed by atoms with Gasteiger partial charge in [-0.25, -0.2) is 0 Å². The molecule has 0 spiro atoms. The molecule has 0 aliphatic carbocycles. The first kappa shape index (κ1) is 7.80. The van der Waals surface area contributed by atoms with Crippen LogP contribution in [0, 0.1) is 0 Å². The molecule has 2 aliphatic heterocycles. The number of hydrogen-bond donors (Lipinski definition) is 1. The maximum absolute atomic E-state index is 11.1. The summed E-state index contributed by atoms with van der Waals surface area (Å²) >= 11 is 0. The lowest BCUT2D eigenvalue weighted by atomic mass is 9.93. The highest BCUT2D eigenvalue weighted by Crippen LogP contribution is 2.40. The zero-order valence-corrected chi connectivity index (χ0v) is 7.05. The van der Waals surface area contributed by atoms with E-state index >= 15 is 0 Å². The van der Waals surface area contributed by atoms with Crippen molar-refractivity contribution in [2.75, 3.05) is 13.1 Å². The second kappa shape index (κ2) is 2.33. The first-order chi connectivity index (χ1) is 5.65. The molecule has 2 fully saturated rings. The number of carboxylic acid groups (broad SMARTS) is 1. The predicted molar refractivity (Wildman–Crippen MR) is 44.9 cm³/mol. The lowest BCUT2D eigenvalue weighted by molar-refractivity contribution is -0.147. The third kappa shape index (κ3) is 0.829. The first-order valence-corrected chi connectivity index (χ1v) is 4.30. The smallest absolute Gasteiger partial charge is 0.324 e. The predicted octanol–water partition coefficient (Wildman–Crippen LogP) is 0.865. The quantitative estimate of drug-likeness (QED) is 0.589. The summed E-state index contributed by atoms with van der Waals surface area (Å²) in [5.41, 5.74) is 0.494. The van der Waals surface area contributed by atoms with Gasteiger partial charge < -0.3 is 5.11 Å². The number of fused-ring (bicyclic) bond motifs is 1. The van der Waals surface area contributed by atoms with Crippen LogP contribution >= 0.6 is 0 Å². The number of carbonyl (C=O) groups is 1.